The van der Waals surface area contributed by atoms with Gasteiger partial charge in [0.25, 0.3) is 0 Å². The number of nitrogens with zero attached hydrogens (tertiary/aromatic N) is 2. The third-order valence-electron chi connectivity index (χ3n) is 4.87. The van der Waals surface area contributed by atoms with Gasteiger partial charge < -0.3 is 9.47 Å². The molecular formula is C22H26N2O4S. The molecule has 0 aliphatic heterocycles. The minimum atomic E-state index is -0.283. The predicted octanol–water partition coefficient (Wildman–Crippen LogP) is 4.89. The molecule has 7 heteroatoms. The maximum Gasteiger partial charge on any atom is 0.311 e. The third kappa shape index (κ3) is 4.34. The van der Waals surface area contributed by atoms with E-state index in [4.69, 9.17) is 9.47 Å². The second-order valence-corrected chi connectivity index (χ2v) is 7.88. The molecule has 0 spiro atoms. The van der Waals surface area contributed by atoms with E-state index in [2.05, 4.69) is 24.9 Å². The smallest absolute Gasteiger partial charge is 0.311 e. The van der Waals surface area contributed by atoms with Crippen LogP contribution in [-0.2, 0) is 16.0 Å². The summed E-state index contributed by atoms with van der Waals surface area (Å²) in [4.78, 5) is 29.8. The van der Waals surface area contributed by atoms with Crippen LogP contribution in [0, 0.1) is 0 Å². The number of esters is 1. The molecule has 0 fully saturated rings. The van der Waals surface area contributed by atoms with Crippen LogP contribution in [0.5, 0.6) is 5.75 Å². The van der Waals surface area contributed by atoms with Gasteiger partial charge in [-0.3, -0.25) is 14.0 Å². The highest BCUT2D eigenvalue weighted by Crippen LogP contribution is 2.35. The minimum Gasteiger partial charge on any atom is -0.494 e. The summed E-state index contributed by atoms with van der Waals surface area (Å²) in [6, 6.07) is 5.96. The van der Waals surface area contributed by atoms with E-state index in [0.717, 1.165) is 34.5 Å². The fourth-order valence-corrected chi connectivity index (χ4v) is 4.23. The van der Waals surface area contributed by atoms with E-state index in [1.54, 1.807) is 17.5 Å². The predicted molar refractivity (Wildman–Crippen MR) is 114 cm³/mol. The molecule has 2 heterocycles. The molecule has 1 atom stereocenters. The van der Waals surface area contributed by atoms with Crippen molar-refractivity contribution in [1.82, 2.24) is 9.38 Å². The van der Waals surface area contributed by atoms with Crippen LogP contribution < -0.4 is 4.74 Å². The Balaban J connectivity index is 2.02. The average molecular weight is 415 g/mol. The quantitative estimate of drug-likeness (QED) is 0.368. The number of aromatic nitrogens is 2. The molecule has 2 aromatic heterocycles. The fraction of sp³-hybridized carbons (Fsp3) is 0.409. The molecule has 0 radical (unpaired) electrons. The van der Waals surface area contributed by atoms with Crippen molar-refractivity contribution in [3.05, 3.63) is 40.5 Å². The minimum absolute atomic E-state index is 0.177. The molecule has 0 saturated carbocycles. The first-order valence-corrected chi connectivity index (χ1v) is 10.7. The number of ether oxygens (including phenoxy) is 2. The Kier molecular flexibility index (Phi) is 6.69. The lowest BCUT2D eigenvalue weighted by Gasteiger charge is -2.16. The van der Waals surface area contributed by atoms with E-state index < -0.39 is 0 Å². The second kappa shape index (κ2) is 9.22. The molecule has 3 aromatic rings. The normalized spacial score (nSPS) is 12.1. The molecule has 29 heavy (non-hydrogen) atoms. The highest BCUT2D eigenvalue weighted by atomic mass is 32.1. The van der Waals surface area contributed by atoms with Gasteiger partial charge in [0.05, 0.1) is 19.6 Å². The Labute approximate surface area is 174 Å². The molecular weight excluding hydrogens is 388 g/mol. The first kappa shape index (κ1) is 21.0. The number of fused-ring (bicyclic) bond motifs is 1. The van der Waals surface area contributed by atoms with Crippen LogP contribution in [0.4, 0.5) is 0 Å². The van der Waals surface area contributed by atoms with Gasteiger partial charge in [-0.05, 0) is 49.9 Å². The van der Waals surface area contributed by atoms with Gasteiger partial charge in [0, 0.05) is 16.6 Å². The SMILES string of the molecule is CCOC(=O)Cc1cn2c(C=O)c(-c3ccc(OCC)c(C(C)CC)c3)nc2s1. The van der Waals surface area contributed by atoms with Crippen molar-refractivity contribution in [2.24, 2.45) is 0 Å². The van der Waals surface area contributed by atoms with E-state index in [9.17, 15) is 9.59 Å². The number of aldehydes is 1. The summed E-state index contributed by atoms with van der Waals surface area (Å²) in [6.45, 7) is 9.00. The van der Waals surface area contributed by atoms with Gasteiger partial charge in [0.15, 0.2) is 11.2 Å². The molecule has 154 valence electrons. The summed E-state index contributed by atoms with van der Waals surface area (Å²) in [5.41, 5.74) is 3.11. The van der Waals surface area contributed by atoms with Crippen molar-refractivity contribution in [2.75, 3.05) is 13.2 Å². The number of imidazole rings is 1. The maximum absolute atomic E-state index is 11.9. The number of benzene rings is 1. The Morgan fingerprint density at radius 2 is 2.07 bits per heavy atom. The lowest BCUT2D eigenvalue weighted by molar-refractivity contribution is -0.142. The van der Waals surface area contributed by atoms with E-state index in [1.165, 1.54) is 11.3 Å². The van der Waals surface area contributed by atoms with Crippen molar-refractivity contribution in [3.63, 3.8) is 0 Å². The molecule has 0 bridgehead atoms. The zero-order valence-electron chi connectivity index (χ0n) is 17.2. The topological polar surface area (TPSA) is 69.9 Å². The van der Waals surface area contributed by atoms with Crippen molar-refractivity contribution in [3.8, 4) is 17.0 Å². The molecule has 3 rings (SSSR count). The maximum atomic E-state index is 11.9. The number of rotatable bonds is 9. The van der Waals surface area contributed by atoms with Crippen molar-refractivity contribution < 1.29 is 19.1 Å². The summed E-state index contributed by atoms with van der Waals surface area (Å²) < 4.78 is 12.5. The van der Waals surface area contributed by atoms with Crippen LogP contribution in [0.2, 0.25) is 0 Å². The Bertz CT molecular complexity index is 1020. The lowest BCUT2D eigenvalue weighted by Crippen LogP contribution is -2.06. The average Bonchev–Trinajstić information content (AvgIpc) is 3.24. The highest BCUT2D eigenvalue weighted by Gasteiger charge is 2.19. The molecule has 1 aromatic carbocycles. The lowest BCUT2D eigenvalue weighted by atomic mass is 9.94. The van der Waals surface area contributed by atoms with Crippen LogP contribution in [0.25, 0.3) is 16.2 Å². The van der Waals surface area contributed by atoms with Crippen LogP contribution in [-0.4, -0.2) is 34.9 Å². The van der Waals surface area contributed by atoms with Gasteiger partial charge in [-0.1, -0.05) is 13.8 Å². The van der Waals surface area contributed by atoms with E-state index in [0.29, 0.717) is 35.5 Å². The van der Waals surface area contributed by atoms with Crippen LogP contribution in [0.15, 0.2) is 24.4 Å². The zero-order chi connectivity index (χ0) is 21.0. The number of carbonyl (C=O) groups is 2. The van der Waals surface area contributed by atoms with E-state index in [-0.39, 0.29) is 12.4 Å². The Morgan fingerprint density at radius 3 is 2.72 bits per heavy atom. The fourth-order valence-electron chi connectivity index (χ4n) is 3.26. The number of thiazole rings is 1. The van der Waals surface area contributed by atoms with Gasteiger partial charge >= 0.3 is 5.97 Å². The Hall–Kier alpha value is -2.67. The summed E-state index contributed by atoms with van der Waals surface area (Å²) in [5, 5.41) is 0. The van der Waals surface area contributed by atoms with Crippen LogP contribution >= 0.6 is 11.3 Å². The summed E-state index contributed by atoms with van der Waals surface area (Å²) in [5.74, 6) is 0.918. The van der Waals surface area contributed by atoms with Crippen LogP contribution in [0.3, 0.4) is 0 Å². The van der Waals surface area contributed by atoms with Crippen molar-refractivity contribution in [2.45, 2.75) is 46.5 Å². The summed E-state index contributed by atoms with van der Waals surface area (Å²) in [7, 11) is 0. The number of carbonyl (C=O) groups excluding carboxylic acids is 2. The first-order valence-electron chi connectivity index (χ1n) is 9.90. The molecule has 0 amide bonds. The third-order valence-corrected chi connectivity index (χ3v) is 5.86. The summed E-state index contributed by atoms with van der Waals surface area (Å²) >= 11 is 1.39. The standard InChI is InChI=1S/C22H26N2O4S/c1-5-14(4)17-10-15(8-9-19(17)27-6-2)21-18(13-25)24-12-16(29-22(24)23-21)11-20(26)28-7-3/h8-10,12-14H,5-7,11H2,1-4H3. The number of hydrogen-bond acceptors (Lipinski definition) is 6. The monoisotopic (exact) mass is 414 g/mol. The largest absolute Gasteiger partial charge is 0.494 e. The van der Waals surface area contributed by atoms with Crippen molar-refractivity contribution >= 4 is 28.6 Å². The van der Waals surface area contributed by atoms with E-state index in [1.807, 2.05) is 19.1 Å². The number of hydrogen-bond donors (Lipinski definition) is 0. The van der Waals surface area contributed by atoms with Crippen LogP contribution in [0.1, 0.15) is 61.0 Å². The van der Waals surface area contributed by atoms with Gasteiger partial charge in [0.1, 0.15) is 17.1 Å². The molecule has 6 nitrogen and oxygen atoms in total. The highest BCUT2D eigenvalue weighted by molar-refractivity contribution is 7.17. The summed E-state index contributed by atoms with van der Waals surface area (Å²) in [6.07, 6.45) is 3.77. The van der Waals surface area contributed by atoms with Gasteiger partial charge in [-0.25, -0.2) is 4.98 Å². The van der Waals surface area contributed by atoms with E-state index >= 15 is 0 Å². The van der Waals surface area contributed by atoms with Gasteiger partial charge in [-0.2, -0.15) is 0 Å². The molecule has 0 aliphatic carbocycles. The van der Waals surface area contributed by atoms with Gasteiger partial charge in [-0.15, -0.1) is 11.3 Å². The second-order valence-electron chi connectivity index (χ2n) is 6.79. The first-order chi connectivity index (χ1) is 14.0. The Morgan fingerprint density at radius 1 is 1.28 bits per heavy atom. The molecule has 1 unspecified atom stereocenters. The molecule has 0 saturated heterocycles. The molecule has 0 N–H and O–H groups in total. The molecule has 0 aliphatic rings. The zero-order valence-corrected chi connectivity index (χ0v) is 18.0. The van der Waals surface area contributed by atoms with Crippen molar-refractivity contribution in [1.29, 1.82) is 0 Å². The van der Waals surface area contributed by atoms with Gasteiger partial charge in [0.2, 0.25) is 0 Å².